The standard InChI is InChI=1S/C50H59F6N5O4/c1-5-64-46(62)35-18-22-60(23-19-35)37-28-57-47(58-29-37)61-24-16-34(17-25-61)45-43(44(51)33-8-10-36(11-9-33)50(54,55)56)41(32-14-20-49(52,53)21-15-32)42-39(59-45)26-48(2,3)27-40(42)65-30-31-6-12-38(63-4)13-7-31/h6-13,28-29,32,34-35,40,44H,5,14-27,30H2,1-4H3/t40-,44-/m0/s1. The van der Waals surface area contributed by atoms with Gasteiger partial charge in [0.25, 0.3) is 0 Å². The molecule has 2 aliphatic heterocycles. The van der Waals surface area contributed by atoms with Gasteiger partial charge in [0.1, 0.15) is 5.75 Å². The molecule has 0 spiro atoms. The molecule has 1 saturated carbocycles. The zero-order valence-corrected chi connectivity index (χ0v) is 37.6. The normalized spacial score (nSPS) is 21.2. The molecule has 0 N–H and O–H groups in total. The Morgan fingerprint density at radius 2 is 1.48 bits per heavy atom. The van der Waals surface area contributed by atoms with E-state index in [4.69, 9.17) is 29.2 Å². The monoisotopic (exact) mass is 907 g/mol. The third kappa shape index (κ3) is 10.5. The second-order valence-corrected chi connectivity index (χ2v) is 19.0. The van der Waals surface area contributed by atoms with Crippen molar-refractivity contribution < 1.29 is 45.3 Å². The molecular formula is C50H59F6N5O4. The maximum atomic E-state index is 17.9. The lowest BCUT2D eigenvalue weighted by Gasteiger charge is -2.42. The smallest absolute Gasteiger partial charge is 0.416 e. The summed E-state index contributed by atoms with van der Waals surface area (Å²) < 4.78 is 106. The number of alkyl halides is 6. The largest absolute Gasteiger partial charge is 0.497 e. The first-order valence-electron chi connectivity index (χ1n) is 23.0. The summed E-state index contributed by atoms with van der Waals surface area (Å²) in [6.07, 6.45) is -0.246. The number of esters is 1. The molecule has 0 amide bonds. The highest BCUT2D eigenvalue weighted by atomic mass is 19.4. The van der Waals surface area contributed by atoms with Crippen LogP contribution in [0.15, 0.2) is 60.9 Å². The first kappa shape index (κ1) is 46.6. The van der Waals surface area contributed by atoms with E-state index >= 15 is 4.39 Å². The number of nitrogens with zero attached hydrogens (tertiary/aromatic N) is 5. The average Bonchev–Trinajstić information content (AvgIpc) is 3.30. The highest BCUT2D eigenvalue weighted by Crippen LogP contribution is 2.53. The number of rotatable bonds is 12. The topological polar surface area (TPSA) is 89.9 Å². The summed E-state index contributed by atoms with van der Waals surface area (Å²) in [6, 6.07) is 11.7. The summed E-state index contributed by atoms with van der Waals surface area (Å²) >= 11 is 0. The number of carbonyl (C=O) groups excluding carboxylic acids is 1. The lowest BCUT2D eigenvalue weighted by Crippen LogP contribution is -2.38. The summed E-state index contributed by atoms with van der Waals surface area (Å²) in [5.41, 5.74) is 3.61. The number of fused-ring (bicyclic) bond motifs is 1. The Morgan fingerprint density at radius 1 is 0.846 bits per heavy atom. The number of carbonyl (C=O) groups is 1. The van der Waals surface area contributed by atoms with E-state index in [2.05, 4.69) is 23.6 Å². The Morgan fingerprint density at radius 3 is 2.08 bits per heavy atom. The number of piperidine rings is 2. The Labute approximate surface area is 377 Å². The van der Waals surface area contributed by atoms with Crippen molar-refractivity contribution >= 4 is 17.6 Å². The van der Waals surface area contributed by atoms with Crippen LogP contribution in [0, 0.1) is 11.3 Å². The van der Waals surface area contributed by atoms with Gasteiger partial charge in [-0.2, -0.15) is 13.2 Å². The van der Waals surface area contributed by atoms with Gasteiger partial charge in [0.15, 0.2) is 6.17 Å². The van der Waals surface area contributed by atoms with Crippen LogP contribution < -0.4 is 14.5 Å². The molecule has 8 rings (SSSR count). The van der Waals surface area contributed by atoms with Crippen LogP contribution in [0.2, 0.25) is 0 Å². The number of anilines is 2. The number of ether oxygens (including phenoxy) is 3. The number of pyridine rings is 1. The first-order chi connectivity index (χ1) is 31.0. The lowest BCUT2D eigenvalue weighted by molar-refractivity contribution is -0.148. The first-order valence-corrected chi connectivity index (χ1v) is 23.0. The molecular weight excluding hydrogens is 849 g/mol. The second kappa shape index (κ2) is 19.1. The van der Waals surface area contributed by atoms with E-state index in [1.807, 2.05) is 31.2 Å². The fourth-order valence-corrected chi connectivity index (χ4v) is 10.4. The predicted molar refractivity (Wildman–Crippen MR) is 235 cm³/mol. The van der Waals surface area contributed by atoms with Crippen molar-refractivity contribution in [3.8, 4) is 5.75 Å². The summed E-state index contributed by atoms with van der Waals surface area (Å²) in [4.78, 5) is 31.4. The van der Waals surface area contributed by atoms with Crippen molar-refractivity contribution in [2.75, 3.05) is 49.7 Å². The number of halogens is 6. The predicted octanol–water partition coefficient (Wildman–Crippen LogP) is 11.6. The van der Waals surface area contributed by atoms with Gasteiger partial charge < -0.3 is 24.0 Å². The zero-order chi connectivity index (χ0) is 46.1. The van der Waals surface area contributed by atoms with Gasteiger partial charge >= 0.3 is 12.1 Å². The van der Waals surface area contributed by atoms with Crippen LogP contribution in [0.25, 0.3) is 0 Å². The maximum Gasteiger partial charge on any atom is 0.416 e. The quantitative estimate of drug-likeness (QED) is 0.102. The van der Waals surface area contributed by atoms with Crippen LogP contribution in [0.4, 0.5) is 38.0 Å². The van der Waals surface area contributed by atoms with Crippen LogP contribution >= 0.6 is 0 Å². The Hall–Kier alpha value is -4.92. The van der Waals surface area contributed by atoms with E-state index in [0.717, 1.165) is 34.6 Å². The molecule has 350 valence electrons. The molecule has 15 heteroatoms. The minimum Gasteiger partial charge on any atom is -0.497 e. The number of methoxy groups -OCH3 is 1. The van der Waals surface area contributed by atoms with Crippen molar-refractivity contribution in [3.63, 3.8) is 0 Å². The molecule has 0 unspecified atom stereocenters. The third-order valence-electron chi connectivity index (χ3n) is 13.9. The highest BCUT2D eigenvalue weighted by molar-refractivity contribution is 5.73. The minimum atomic E-state index is -4.61. The van der Waals surface area contributed by atoms with Gasteiger partial charge in [-0.1, -0.05) is 38.1 Å². The Kier molecular flexibility index (Phi) is 13.7. The van der Waals surface area contributed by atoms with Gasteiger partial charge in [0.2, 0.25) is 11.9 Å². The Balaban J connectivity index is 1.14. The lowest BCUT2D eigenvalue weighted by atomic mass is 9.68. The molecule has 2 saturated heterocycles. The van der Waals surface area contributed by atoms with E-state index in [0.29, 0.717) is 94.3 Å². The molecule has 3 fully saturated rings. The van der Waals surface area contributed by atoms with Gasteiger partial charge in [-0.25, -0.2) is 23.1 Å². The number of benzene rings is 2. The molecule has 4 aromatic rings. The van der Waals surface area contributed by atoms with Gasteiger partial charge in [-0.15, -0.1) is 0 Å². The summed E-state index contributed by atoms with van der Waals surface area (Å²) in [6.45, 7) is 9.14. The molecule has 0 radical (unpaired) electrons. The molecule has 2 aliphatic carbocycles. The average molecular weight is 908 g/mol. The number of aromatic nitrogens is 3. The SMILES string of the molecule is CCOC(=O)C1CCN(c2cnc(N3CCC(c4nc5c(c(C6CCC(F)(F)CC6)c4[C@@H](F)c4ccc(C(F)(F)F)cc4)[C@@H](OCc4ccc(OC)cc4)CC(C)(C)C5)CC3)nc2)CC1. The molecule has 65 heavy (non-hydrogen) atoms. The fourth-order valence-electron chi connectivity index (χ4n) is 10.4. The van der Waals surface area contributed by atoms with E-state index < -0.39 is 35.9 Å². The molecule has 4 aliphatic rings. The third-order valence-corrected chi connectivity index (χ3v) is 13.9. The Bertz CT molecular complexity index is 2250. The molecule has 2 aromatic carbocycles. The molecule has 4 heterocycles. The summed E-state index contributed by atoms with van der Waals surface area (Å²) in [5.74, 6) is -2.55. The summed E-state index contributed by atoms with van der Waals surface area (Å²) in [7, 11) is 1.59. The summed E-state index contributed by atoms with van der Waals surface area (Å²) in [5, 5.41) is 0. The van der Waals surface area contributed by atoms with E-state index in [-0.39, 0.29) is 66.6 Å². The molecule has 0 bridgehead atoms. The molecule has 9 nitrogen and oxygen atoms in total. The number of hydrogen-bond donors (Lipinski definition) is 0. The van der Waals surface area contributed by atoms with Crippen molar-refractivity contribution in [2.45, 2.75) is 128 Å². The van der Waals surface area contributed by atoms with E-state index in [1.54, 1.807) is 19.5 Å². The molecule has 2 atom stereocenters. The number of hydrogen-bond acceptors (Lipinski definition) is 9. The minimum absolute atomic E-state index is 0.0475. The van der Waals surface area contributed by atoms with Crippen molar-refractivity contribution in [3.05, 3.63) is 106 Å². The van der Waals surface area contributed by atoms with Crippen molar-refractivity contribution in [2.24, 2.45) is 11.3 Å². The van der Waals surface area contributed by atoms with Crippen LogP contribution in [-0.2, 0) is 33.5 Å². The zero-order valence-electron chi connectivity index (χ0n) is 37.6. The van der Waals surface area contributed by atoms with Gasteiger partial charge in [0.05, 0.1) is 61.7 Å². The van der Waals surface area contributed by atoms with Crippen molar-refractivity contribution in [1.29, 1.82) is 0 Å². The van der Waals surface area contributed by atoms with Crippen LogP contribution in [-0.4, -0.2) is 66.7 Å². The maximum absolute atomic E-state index is 17.9. The second-order valence-electron chi connectivity index (χ2n) is 19.0. The molecule has 2 aromatic heterocycles. The highest BCUT2D eigenvalue weighted by Gasteiger charge is 2.44. The van der Waals surface area contributed by atoms with Gasteiger partial charge in [-0.05, 0) is 111 Å². The van der Waals surface area contributed by atoms with Crippen molar-refractivity contribution in [1.82, 2.24) is 15.0 Å². The van der Waals surface area contributed by atoms with Gasteiger partial charge in [0, 0.05) is 61.8 Å². The van der Waals surface area contributed by atoms with Crippen LogP contribution in [0.3, 0.4) is 0 Å². The van der Waals surface area contributed by atoms with Gasteiger partial charge in [-0.3, -0.25) is 9.78 Å². The fraction of sp³-hybridized carbons (Fsp3) is 0.560. The van der Waals surface area contributed by atoms with Crippen LogP contribution in [0.1, 0.15) is 147 Å². The van der Waals surface area contributed by atoms with Crippen LogP contribution in [0.5, 0.6) is 5.75 Å². The van der Waals surface area contributed by atoms with E-state index in [9.17, 15) is 26.7 Å². The van der Waals surface area contributed by atoms with E-state index in [1.165, 1.54) is 12.1 Å².